The number of nitrogens with zero attached hydrogens (tertiary/aromatic N) is 4. The molecule has 0 radical (unpaired) electrons. The van der Waals surface area contributed by atoms with Crippen LogP contribution in [0.15, 0.2) is 76.2 Å². The van der Waals surface area contributed by atoms with Gasteiger partial charge in [0.25, 0.3) is 0 Å². The molecule has 2 aromatic rings. The SMILES string of the molecule is COc1ccc(N2C3=NC(N)=C(C#N)[C@H]4c5ccccc5[C@@H](C5=C2CCCC5=O)[C@@]34C#N)cc1. The van der Waals surface area contributed by atoms with Gasteiger partial charge < -0.3 is 15.4 Å². The Morgan fingerprint density at radius 3 is 2.44 bits per heavy atom. The molecule has 0 spiro atoms. The summed E-state index contributed by atoms with van der Waals surface area (Å²) in [5.41, 5.74) is 9.46. The van der Waals surface area contributed by atoms with Gasteiger partial charge in [-0.2, -0.15) is 10.5 Å². The summed E-state index contributed by atoms with van der Waals surface area (Å²) < 4.78 is 5.33. The topological polar surface area (TPSA) is 115 Å². The van der Waals surface area contributed by atoms with E-state index >= 15 is 0 Å². The summed E-state index contributed by atoms with van der Waals surface area (Å²) in [6.45, 7) is 0. The van der Waals surface area contributed by atoms with E-state index in [0.717, 1.165) is 28.9 Å². The van der Waals surface area contributed by atoms with Gasteiger partial charge in [0.1, 0.15) is 22.8 Å². The lowest BCUT2D eigenvalue weighted by Gasteiger charge is -2.49. The summed E-state index contributed by atoms with van der Waals surface area (Å²) >= 11 is 0. The quantitative estimate of drug-likeness (QED) is 0.743. The van der Waals surface area contributed by atoms with Crippen molar-refractivity contribution in [2.75, 3.05) is 12.0 Å². The van der Waals surface area contributed by atoms with Gasteiger partial charge in [0.15, 0.2) is 5.78 Å². The molecule has 166 valence electrons. The maximum absolute atomic E-state index is 13.5. The van der Waals surface area contributed by atoms with Crippen LogP contribution in [-0.4, -0.2) is 18.7 Å². The molecule has 2 N–H and O–H groups in total. The van der Waals surface area contributed by atoms with E-state index in [1.807, 2.05) is 53.4 Å². The first-order chi connectivity index (χ1) is 16.6. The summed E-state index contributed by atoms with van der Waals surface area (Å²) in [6, 6.07) is 20.0. The van der Waals surface area contributed by atoms with Crippen molar-refractivity contribution in [1.29, 1.82) is 10.5 Å². The molecule has 0 unspecified atom stereocenters. The number of methoxy groups -OCH3 is 1. The molecule has 0 bridgehead atoms. The van der Waals surface area contributed by atoms with Gasteiger partial charge in [-0.05, 0) is 48.2 Å². The molecule has 0 aromatic heterocycles. The number of rotatable bonds is 2. The minimum Gasteiger partial charge on any atom is -0.497 e. The van der Waals surface area contributed by atoms with Crippen LogP contribution >= 0.6 is 0 Å². The fourth-order valence-corrected chi connectivity index (χ4v) is 6.21. The van der Waals surface area contributed by atoms with Gasteiger partial charge in [0, 0.05) is 35.2 Å². The number of ether oxygens (including phenoxy) is 1. The molecule has 2 aliphatic heterocycles. The largest absolute Gasteiger partial charge is 0.497 e. The number of anilines is 1. The molecule has 0 amide bonds. The zero-order valence-corrected chi connectivity index (χ0v) is 18.6. The third-order valence-electron chi connectivity index (χ3n) is 7.52. The standard InChI is InChI=1S/C27H21N5O2/c1-34-16-11-9-15(10-12-16)32-20-7-4-8-21(33)22(20)24-18-6-3-2-5-17(18)23-19(13-28)25(30)31-26(32)27(23,24)14-29/h2-3,5-6,9-12,23-24H,4,7-8,30H2,1H3/t23-,24+,27+/m1/s1. The average Bonchev–Trinajstić information content (AvgIpc) is 3.16. The van der Waals surface area contributed by atoms with Crippen LogP contribution in [-0.2, 0) is 4.79 Å². The number of benzene rings is 2. The first-order valence-electron chi connectivity index (χ1n) is 11.3. The molecule has 0 saturated carbocycles. The highest BCUT2D eigenvalue weighted by atomic mass is 16.5. The van der Waals surface area contributed by atoms with Crippen molar-refractivity contribution in [3.8, 4) is 17.9 Å². The number of nitriles is 2. The second-order valence-electron chi connectivity index (χ2n) is 8.99. The molecule has 34 heavy (non-hydrogen) atoms. The van der Waals surface area contributed by atoms with Crippen LogP contribution in [0.4, 0.5) is 5.69 Å². The molecular weight excluding hydrogens is 426 g/mol. The van der Waals surface area contributed by atoms with Gasteiger partial charge in [0.05, 0.1) is 24.8 Å². The normalized spacial score (nSPS) is 26.7. The first-order valence-corrected chi connectivity index (χ1v) is 11.3. The molecule has 6 rings (SSSR count). The number of hydrogen-bond acceptors (Lipinski definition) is 7. The molecule has 4 aliphatic rings. The molecule has 2 heterocycles. The number of ketones is 1. The zero-order chi connectivity index (χ0) is 23.6. The lowest BCUT2D eigenvalue weighted by atomic mass is 9.60. The Hall–Kier alpha value is -4.36. The van der Waals surface area contributed by atoms with Crippen LogP contribution in [0.2, 0.25) is 0 Å². The number of allylic oxidation sites excluding steroid dienone is 3. The number of carbonyl (C=O) groups excluding carboxylic acids is 1. The summed E-state index contributed by atoms with van der Waals surface area (Å²) in [5.74, 6) is 0.261. The van der Waals surface area contributed by atoms with Crippen molar-refractivity contribution in [1.82, 2.24) is 0 Å². The van der Waals surface area contributed by atoms with E-state index in [1.54, 1.807) is 7.11 Å². The summed E-state index contributed by atoms with van der Waals surface area (Å²) in [7, 11) is 1.60. The number of hydrogen-bond donors (Lipinski definition) is 1. The predicted octanol–water partition coefficient (Wildman–Crippen LogP) is 4.02. The molecule has 0 fully saturated rings. The Morgan fingerprint density at radius 2 is 1.79 bits per heavy atom. The molecule has 7 nitrogen and oxygen atoms in total. The van der Waals surface area contributed by atoms with Crippen molar-refractivity contribution in [2.24, 2.45) is 16.1 Å². The maximum atomic E-state index is 13.5. The Balaban J connectivity index is 1.74. The fraction of sp³-hybridized carbons (Fsp3) is 0.259. The van der Waals surface area contributed by atoms with Crippen LogP contribution in [0.5, 0.6) is 5.75 Å². The molecule has 2 aliphatic carbocycles. The molecule has 0 saturated heterocycles. The lowest BCUT2D eigenvalue weighted by molar-refractivity contribution is -0.116. The van der Waals surface area contributed by atoms with Crippen molar-refractivity contribution < 1.29 is 9.53 Å². The molecular formula is C27H21N5O2. The highest BCUT2D eigenvalue weighted by molar-refractivity contribution is 6.15. The Morgan fingerprint density at radius 1 is 1.09 bits per heavy atom. The van der Waals surface area contributed by atoms with E-state index < -0.39 is 17.3 Å². The van der Waals surface area contributed by atoms with E-state index in [0.29, 0.717) is 30.0 Å². The van der Waals surface area contributed by atoms with Gasteiger partial charge in [-0.3, -0.25) is 4.79 Å². The third-order valence-corrected chi connectivity index (χ3v) is 7.52. The van der Waals surface area contributed by atoms with Crippen molar-refractivity contribution in [2.45, 2.75) is 31.1 Å². The van der Waals surface area contributed by atoms with Crippen LogP contribution in [0.1, 0.15) is 42.2 Å². The second kappa shape index (κ2) is 7.07. The summed E-state index contributed by atoms with van der Waals surface area (Å²) in [5, 5.41) is 20.9. The van der Waals surface area contributed by atoms with Gasteiger partial charge in [0.2, 0.25) is 0 Å². The second-order valence-corrected chi connectivity index (χ2v) is 8.99. The zero-order valence-electron chi connectivity index (χ0n) is 18.6. The number of nitrogens with two attached hydrogens (primary N) is 1. The number of fused-ring (bicyclic) bond motifs is 4. The first kappa shape index (κ1) is 20.3. The fourth-order valence-electron chi connectivity index (χ4n) is 6.21. The molecule has 3 atom stereocenters. The lowest BCUT2D eigenvalue weighted by Crippen LogP contribution is -2.55. The van der Waals surface area contributed by atoms with Gasteiger partial charge in [-0.15, -0.1) is 0 Å². The minimum absolute atomic E-state index is 0.0509. The smallest absolute Gasteiger partial charge is 0.161 e. The highest BCUT2D eigenvalue weighted by Crippen LogP contribution is 2.66. The van der Waals surface area contributed by atoms with Crippen molar-refractivity contribution in [3.63, 3.8) is 0 Å². The van der Waals surface area contributed by atoms with Crippen LogP contribution in [0.25, 0.3) is 0 Å². The highest BCUT2D eigenvalue weighted by Gasteiger charge is 2.66. The van der Waals surface area contributed by atoms with E-state index in [1.165, 1.54) is 0 Å². The number of carbonyl (C=O) groups is 1. The van der Waals surface area contributed by atoms with Crippen LogP contribution < -0.4 is 15.4 Å². The van der Waals surface area contributed by atoms with Crippen molar-refractivity contribution in [3.05, 3.63) is 82.3 Å². The number of Topliss-reactive ketones (excluding diaryl/α,β-unsaturated/α-hetero) is 1. The summed E-state index contributed by atoms with van der Waals surface area (Å²) in [6.07, 6.45) is 1.85. The summed E-state index contributed by atoms with van der Waals surface area (Å²) in [4.78, 5) is 20.2. The van der Waals surface area contributed by atoms with E-state index in [9.17, 15) is 15.3 Å². The Labute approximate surface area is 197 Å². The van der Waals surface area contributed by atoms with Gasteiger partial charge in [-0.1, -0.05) is 24.3 Å². The van der Waals surface area contributed by atoms with E-state index in [4.69, 9.17) is 15.5 Å². The minimum atomic E-state index is -1.25. The van der Waals surface area contributed by atoms with E-state index in [-0.39, 0.29) is 17.2 Å². The van der Waals surface area contributed by atoms with Gasteiger partial charge >= 0.3 is 0 Å². The average molecular weight is 447 g/mol. The maximum Gasteiger partial charge on any atom is 0.161 e. The monoisotopic (exact) mass is 447 g/mol. The number of aliphatic imine (C=N–C) groups is 1. The van der Waals surface area contributed by atoms with Crippen LogP contribution in [0, 0.1) is 28.1 Å². The number of amidine groups is 1. The Kier molecular flexibility index (Phi) is 4.21. The predicted molar refractivity (Wildman–Crippen MR) is 126 cm³/mol. The Bertz CT molecular complexity index is 1440. The van der Waals surface area contributed by atoms with Gasteiger partial charge in [-0.25, -0.2) is 4.99 Å². The molecule has 2 aromatic carbocycles. The van der Waals surface area contributed by atoms with Crippen LogP contribution in [0.3, 0.4) is 0 Å². The van der Waals surface area contributed by atoms with Crippen molar-refractivity contribution >= 4 is 17.3 Å². The van der Waals surface area contributed by atoms with E-state index in [2.05, 4.69) is 12.1 Å². The third kappa shape index (κ3) is 2.34. The molecule has 7 heteroatoms.